The Hall–Kier alpha value is -1.39. The Kier molecular flexibility index (Phi) is 3.99. The van der Waals surface area contributed by atoms with Gasteiger partial charge in [-0.05, 0) is 30.7 Å². The number of aliphatic hydroxyl groups is 1. The van der Waals surface area contributed by atoms with Crippen molar-refractivity contribution in [2.24, 2.45) is 0 Å². The van der Waals surface area contributed by atoms with Crippen LogP contribution in [0.5, 0.6) is 0 Å². The molecule has 18 heavy (non-hydrogen) atoms. The van der Waals surface area contributed by atoms with Gasteiger partial charge in [-0.3, -0.25) is 0 Å². The number of halogens is 2. The van der Waals surface area contributed by atoms with Gasteiger partial charge < -0.3 is 5.11 Å². The Balaban J connectivity index is 2.43. The lowest BCUT2D eigenvalue weighted by Crippen LogP contribution is -1.96. The first-order valence-electron chi connectivity index (χ1n) is 5.48. The summed E-state index contributed by atoms with van der Waals surface area (Å²) in [6.07, 6.45) is -0.796. The van der Waals surface area contributed by atoms with E-state index in [0.717, 1.165) is 11.8 Å². The summed E-state index contributed by atoms with van der Waals surface area (Å²) in [6.45, 7) is 1.56. The van der Waals surface area contributed by atoms with Crippen molar-refractivity contribution in [3.05, 3.63) is 59.7 Å². The van der Waals surface area contributed by atoms with Gasteiger partial charge in [0.25, 0.3) is 0 Å². The van der Waals surface area contributed by atoms with Crippen molar-refractivity contribution in [2.45, 2.75) is 22.8 Å². The molecule has 0 fully saturated rings. The molecule has 0 saturated heterocycles. The maximum Gasteiger partial charge on any atom is 0.137 e. The van der Waals surface area contributed by atoms with E-state index in [4.69, 9.17) is 0 Å². The molecule has 1 N–H and O–H groups in total. The van der Waals surface area contributed by atoms with Gasteiger partial charge in [0.15, 0.2) is 0 Å². The maximum absolute atomic E-state index is 13.8. The summed E-state index contributed by atoms with van der Waals surface area (Å²) in [5, 5.41) is 9.60. The van der Waals surface area contributed by atoms with E-state index in [0.29, 0.717) is 10.5 Å². The molecule has 0 unspecified atom stereocenters. The van der Waals surface area contributed by atoms with Crippen LogP contribution in [0.4, 0.5) is 8.78 Å². The number of hydrogen-bond acceptors (Lipinski definition) is 2. The molecule has 0 amide bonds. The normalized spacial score (nSPS) is 12.4. The lowest BCUT2D eigenvalue weighted by Gasteiger charge is -2.12. The molecule has 0 aliphatic rings. The topological polar surface area (TPSA) is 20.2 Å². The van der Waals surface area contributed by atoms with Gasteiger partial charge >= 0.3 is 0 Å². The van der Waals surface area contributed by atoms with Crippen molar-refractivity contribution < 1.29 is 13.9 Å². The van der Waals surface area contributed by atoms with Gasteiger partial charge in [0.1, 0.15) is 11.6 Å². The summed E-state index contributed by atoms with van der Waals surface area (Å²) in [7, 11) is 0. The molecule has 2 aromatic rings. The van der Waals surface area contributed by atoms with Crippen molar-refractivity contribution in [1.29, 1.82) is 0 Å². The van der Waals surface area contributed by atoms with Gasteiger partial charge in [-0.15, -0.1) is 0 Å². The highest BCUT2D eigenvalue weighted by Gasteiger charge is 2.15. The predicted molar refractivity (Wildman–Crippen MR) is 67.6 cm³/mol. The van der Waals surface area contributed by atoms with Gasteiger partial charge in [-0.25, -0.2) is 8.78 Å². The Bertz CT molecular complexity index is 555. The van der Waals surface area contributed by atoms with Gasteiger partial charge in [0, 0.05) is 4.90 Å². The number of hydrogen-bond donors (Lipinski definition) is 1. The Labute approximate surface area is 108 Å². The molecular formula is C14H12F2OS. The van der Waals surface area contributed by atoms with E-state index in [1.54, 1.807) is 31.2 Å². The second kappa shape index (κ2) is 5.50. The van der Waals surface area contributed by atoms with E-state index in [-0.39, 0.29) is 4.90 Å². The predicted octanol–water partition coefficient (Wildman–Crippen LogP) is 4.17. The van der Waals surface area contributed by atoms with E-state index in [2.05, 4.69) is 0 Å². The zero-order valence-electron chi connectivity index (χ0n) is 9.73. The fraction of sp³-hybridized carbons (Fsp3) is 0.143. The molecule has 0 bridgehead atoms. The summed E-state index contributed by atoms with van der Waals surface area (Å²) < 4.78 is 27.3. The molecule has 4 heteroatoms. The van der Waals surface area contributed by atoms with Gasteiger partial charge in [0.05, 0.1) is 11.0 Å². The van der Waals surface area contributed by atoms with Gasteiger partial charge in [0.2, 0.25) is 0 Å². The lowest BCUT2D eigenvalue weighted by atomic mass is 10.1. The SMILES string of the molecule is C[C@H](O)c1cccc(F)c1Sc1ccccc1F. The van der Waals surface area contributed by atoms with Crippen molar-refractivity contribution in [1.82, 2.24) is 0 Å². The number of aliphatic hydroxyl groups excluding tert-OH is 1. The third-order valence-electron chi connectivity index (χ3n) is 2.50. The molecule has 2 rings (SSSR count). The molecule has 1 atom stereocenters. The zero-order chi connectivity index (χ0) is 13.1. The molecule has 0 aromatic heterocycles. The van der Waals surface area contributed by atoms with Crippen LogP contribution in [-0.4, -0.2) is 5.11 Å². The summed E-state index contributed by atoms with van der Waals surface area (Å²) in [4.78, 5) is 0.599. The Morgan fingerprint density at radius 1 is 1.00 bits per heavy atom. The molecule has 2 aromatic carbocycles. The highest BCUT2D eigenvalue weighted by Crippen LogP contribution is 2.36. The maximum atomic E-state index is 13.8. The third kappa shape index (κ3) is 2.71. The third-order valence-corrected chi connectivity index (χ3v) is 3.68. The summed E-state index contributed by atoms with van der Waals surface area (Å²) in [6, 6.07) is 10.6. The van der Waals surface area contributed by atoms with Crippen LogP contribution in [0.1, 0.15) is 18.6 Å². The molecule has 0 aliphatic carbocycles. The van der Waals surface area contributed by atoms with Gasteiger partial charge in [-0.2, -0.15) is 0 Å². The number of benzene rings is 2. The fourth-order valence-corrected chi connectivity index (χ4v) is 2.65. The first kappa shape index (κ1) is 13.1. The Morgan fingerprint density at radius 3 is 2.33 bits per heavy atom. The zero-order valence-corrected chi connectivity index (χ0v) is 10.5. The van der Waals surface area contributed by atoms with E-state index in [1.807, 2.05) is 0 Å². The first-order valence-corrected chi connectivity index (χ1v) is 6.30. The van der Waals surface area contributed by atoms with E-state index >= 15 is 0 Å². The van der Waals surface area contributed by atoms with Crippen LogP contribution in [0.25, 0.3) is 0 Å². The average Bonchev–Trinajstić information content (AvgIpc) is 2.34. The second-order valence-electron chi connectivity index (χ2n) is 3.87. The van der Waals surface area contributed by atoms with E-state index in [9.17, 15) is 13.9 Å². The molecule has 0 spiro atoms. The second-order valence-corrected chi connectivity index (χ2v) is 4.92. The monoisotopic (exact) mass is 266 g/mol. The quantitative estimate of drug-likeness (QED) is 0.899. The summed E-state index contributed by atoms with van der Waals surface area (Å²) in [5.74, 6) is -0.857. The highest BCUT2D eigenvalue weighted by atomic mass is 32.2. The first-order chi connectivity index (χ1) is 8.59. The minimum atomic E-state index is -0.796. The van der Waals surface area contributed by atoms with Gasteiger partial charge in [-0.1, -0.05) is 36.0 Å². The van der Waals surface area contributed by atoms with Crippen LogP contribution >= 0.6 is 11.8 Å². The van der Waals surface area contributed by atoms with Crippen LogP contribution in [0.3, 0.4) is 0 Å². The fourth-order valence-electron chi connectivity index (χ4n) is 1.60. The molecule has 0 heterocycles. The summed E-state index contributed by atoms with van der Waals surface area (Å²) in [5.41, 5.74) is 0.461. The standard InChI is InChI=1S/C14H12F2OS/c1-9(17)10-5-4-7-12(16)14(10)18-13-8-3-2-6-11(13)15/h2-9,17H,1H3/t9-/m0/s1. The van der Waals surface area contributed by atoms with Crippen molar-refractivity contribution in [3.63, 3.8) is 0 Å². The average molecular weight is 266 g/mol. The molecule has 0 saturated carbocycles. The highest BCUT2D eigenvalue weighted by molar-refractivity contribution is 7.99. The lowest BCUT2D eigenvalue weighted by molar-refractivity contribution is 0.195. The molecule has 0 radical (unpaired) electrons. The minimum Gasteiger partial charge on any atom is -0.389 e. The smallest absolute Gasteiger partial charge is 0.137 e. The van der Waals surface area contributed by atoms with E-state index < -0.39 is 17.7 Å². The minimum absolute atomic E-state index is 0.262. The molecule has 0 aliphatic heterocycles. The van der Waals surface area contributed by atoms with Crippen LogP contribution in [-0.2, 0) is 0 Å². The van der Waals surface area contributed by atoms with Crippen LogP contribution in [0, 0.1) is 11.6 Å². The van der Waals surface area contributed by atoms with Crippen LogP contribution in [0.15, 0.2) is 52.3 Å². The van der Waals surface area contributed by atoms with E-state index in [1.165, 1.54) is 18.2 Å². The van der Waals surface area contributed by atoms with Crippen molar-refractivity contribution in [3.8, 4) is 0 Å². The largest absolute Gasteiger partial charge is 0.389 e. The molecule has 94 valence electrons. The molecular weight excluding hydrogens is 254 g/mol. The van der Waals surface area contributed by atoms with Crippen molar-refractivity contribution in [2.75, 3.05) is 0 Å². The van der Waals surface area contributed by atoms with Crippen molar-refractivity contribution >= 4 is 11.8 Å². The summed E-state index contributed by atoms with van der Waals surface area (Å²) >= 11 is 0.986. The van der Waals surface area contributed by atoms with Crippen LogP contribution < -0.4 is 0 Å². The number of rotatable bonds is 3. The van der Waals surface area contributed by atoms with Crippen LogP contribution in [0.2, 0.25) is 0 Å². The molecule has 1 nitrogen and oxygen atoms in total. The Morgan fingerprint density at radius 2 is 1.67 bits per heavy atom.